The van der Waals surface area contributed by atoms with Crippen LogP contribution in [0, 0.1) is 6.92 Å². The van der Waals surface area contributed by atoms with E-state index in [0.29, 0.717) is 24.5 Å². The van der Waals surface area contributed by atoms with Gasteiger partial charge in [-0.1, -0.05) is 17.7 Å². The number of rotatable bonds is 4. The Hall–Kier alpha value is -2.41. The van der Waals surface area contributed by atoms with E-state index in [1.165, 1.54) is 11.3 Å². The van der Waals surface area contributed by atoms with Crippen molar-refractivity contribution in [3.05, 3.63) is 46.4 Å². The van der Waals surface area contributed by atoms with Gasteiger partial charge in [0.05, 0.1) is 5.51 Å². The molecule has 1 aliphatic heterocycles. The molecule has 7 heteroatoms. The van der Waals surface area contributed by atoms with Gasteiger partial charge in [0.25, 0.3) is 5.91 Å². The molecule has 24 heavy (non-hydrogen) atoms. The summed E-state index contributed by atoms with van der Waals surface area (Å²) in [5.41, 5.74) is 1.80. The molecule has 1 aromatic heterocycles. The number of aryl methyl sites for hydroxylation is 1. The molecule has 1 aliphatic rings. The Morgan fingerprint density at radius 1 is 1.25 bits per heavy atom. The van der Waals surface area contributed by atoms with Crippen molar-refractivity contribution < 1.29 is 19.4 Å². The first-order chi connectivity index (χ1) is 11.5. The summed E-state index contributed by atoms with van der Waals surface area (Å²) in [6, 6.07) is 7.30. The van der Waals surface area contributed by atoms with Crippen LogP contribution >= 0.6 is 11.3 Å². The van der Waals surface area contributed by atoms with E-state index < -0.39 is 11.6 Å². The van der Waals surface area contributed by atoms with Gasteiger partial charge in [-0.3, -0.25) is 4.79 Å². The normalized spacial score (nSPS) is 16.6. The number of nitrogens with zero attached hydrogens (tertiary/aromatic N) is 2. The molecule has 1 amide bonds. The number of likely N-dealkylation sites (tertiary alicyclic amines) is 1. The standard InChI is InChI=1S/C17H18N2O4S/c1-12-2-4-13(5-3-12)23-17(16(21)22)6-8-19(9-7-17)15(20)14-10-24-11-18-14/h2-5,10-11H,6-9H2,1H3,(H,21,22). The number of piperidine rings is 1. The lowest BCUT2D eigenvalue weighted by Crippen LogP contribution is -2.54. The number of carbonyl (C=O) groups is 2. The smallest absolute Gasteiger partial charge is 0.348 e. The number of amides is 1. The van der Waals surface area contributed by atoms with Crippen molar-refractivity contribution >= 4 is 23.2 Å². The molecule has 2 heterocycles. The lowest BCUT2D eigenvalue weighted by atomic mass is 9.91. The summed E-state index contributed by atoms with van der Waals surface area (Å²) < 4.78 is 5.83. The van der Waals surface area contributed by atoms with E-state index in [4.69, 9.17) is 4.74 Å². The largest absolute Gasteiger partial charge is 0.478 e. The molecule has 1 N–H and O–H groups in total. The summed E-state index contributed by atoms with van der Waals surface area (Å²) in [6.45, 7) is 2.61. The molecule has 126 valence electrons. The Labute approximate surface area is 143 Å². The van der Waals surface area contributed by atoms with E-state index in [1.54, 1.807) is 27.9 Å². The van der Waals surface area contributed by atoms with Crippen LogP contribution in [0.1, 0.15) is 28.9 Å². The van der Waals surface area contributed by atoms with E-state index >= 15 is 0 Å². The second-order valence-electron chi connectivity index (χ2n) is 5.88. The fourth-order valence-corrected chi connectivity index (χ4v) is 3.27. The number of thiazole rings is 1. The fraction of sp³-hybridized carbons (Fsp3) is 0.353. The van der Waals surface area contributed by atoms with Crippen LogP contribution in [-0.4, -0.2) is 45.6 Å². The predicted octanol–water partition coefficient (Wildman–Crippen LogP) is 2.59. The third-order valence-electron chi connectivity index (χ3n) is 4.23. The van der Waals surface area contributed by atoms with Crippen molar-refractivity contribution in [1.82, 2.24) is 9.88 Å². The van der Waals surface area contributed by atoms with Gasteiger partial charge in [0.1, 0.15) is 11.4 Å². The molecule has 0 bridgehead atoms. The summed E-state index contributed by atoms with van der Waals surface area (Å²) in [4.78, 5) is 29.8. The SMILES string of the molecule is Cc1ccc(OC2(C(=O)O)CCN(C(=O)c3cscn3)CC2)cc1. The van der Waals surface area contributed by atoms with Gasteiger partial charge in [0.15, 0.2) is 0 Å². The number of carbonyl (C=O) groups excluding carboxylic acids is 1. The maximum absolute atomic E-state index is 12.3. The number of benzene rings is 1. The highest BCUT2D eigenvalue weighted by molar-refractivity contribution is 7.07. The first-order valence-corrected chi connectivity index (χ1v) is 8.61. The monoisotopic (exact) mass is 346 g/mol. The zero-order valence-electron chi connectivity index (χ0n) is 13.3. The highest BCUT2D eigenvalue weighted by atomic mass is 32.1. The van der Waals surface area contributed by atoms with Gasteiger partial charge >= 0.3 is 5.97 Å². The quantitative estimate of drug-likeness (QED) is 0.920. The Bertz CT molecular complexity index is 720. The van der Waals surface area contributed by atoms with Crippen molar-refractivity contribution in [2.24, 2.45) is 0 Å². The predicted molar refractivity (Wildman–Crippen MR) is 89.4 cm³/mol. The molecule has 1 fully saturated rings. The Morgan fingerprint density at radius 3 is 2.46 bits per heavy atom. The second kappa shape index (κ2) is 6.60. The van der Waals surface area contributed by atoms with Gasteiger partial charge in [-0.25, -0.2) is 9.78 Å². The van der Waals surface area contributed by atoms with Gasteiger partial charge in [-0.2, -0.15) is 0 Å². The minimum Gasteiger partial charge on any atom is -0.478 e. The molecule has 1 saturated heterocycles. The van der Waals surface area contributed by atoms with Crippen LogP contribution in [0.2, 0.25) is 0 Å². The van der Waals surface area contributed by atoms with Crippen molar-refractivity contribution in [3.63, 3.8) is 0 Å². The minimum absolute atomic E-state index is 0.162. The highest BCUT2D eigenvalue weighted by Gasteiger charge is 2.45. The summed E-state index contributed by atoms with van der Waals surface area (Å²) in [5, 5.41) is 11.4. The number of aliphatic carboxylic acids is 1. The van der Waals surface area contributed by atoms with Crippen LogP contribution < -0.4 is 4.74 Å². The molecule has 2 aromatic rings. The molecule has 0 atom stereocenters. The Morgan fingerprint density at radius 2 is 1.92 bits per heavy atom. The number of carboxylic acid groups (broad SMARTS) is 1. The summed E-state index contributed by atoms with van der Waals surface area (Å²) in [5.74, 6) is -0.628. The second-order valence-corrected chi connectivity index (χ2v) is 6.60. The first-order valence-electron chi connectivity index (χ1n) is 7.67. The van der Waals surface area contributed by atoms with Crippen LogP contribution in [0.15, 0.2) is 35.2 Å². The van der Waals surface area contributed by atoms with Crippen molar-refractivity contribution in [3.8, 4) is 5.75 Å². The van der Waals surface area contributed by atoms with Crippen LogP contribution in [-0.2, 0) is 4.79 Å². The molecule has 0 spiro atoms. The first kappa shape index (κ1) is 16.4. The van der Waals surface area contributed by atoms with Gasteiger partial charge in [-0.05, 0) is 19.1 Å². The van der Waals surface area contributed by atoms with Crippen LogP contribution in [0.25, 0.3) is 0 Å². The number of carboxylic acids is 1. The van der Waals surface area contributed by atoms with Crippen LogP contribution in [0.4, 0.5) is 0 Å². The highest BCUT2D eigenvalue weighted by Crippen LogP contribution is 2.30. The van der Waals surface area contributed by atoms with E-state index in [1.807, 2.05) is 19.1 Å². The van der Waals surface area contributed by atoms with Gasteiger partial charge in [0, 0.05) is 31.3 Å². The zero-order valence-corrected chi connectivity index (χ0v) is 14.1. The maximum atomic E-state index is 12.3. The number of hydrogen-bond acceptors (Lipinski definition) is 5. The van der Waals surface area contributed by atoms with E-state index in [9.17, 15) is 14.7 Å². The number of hydrogen-bond donors (Lipinski definition) is 1. The van der Waals surface area contributed by atoms with Gasteiger partial charge in [0.2, 0.25) is 5.60 Å². The minimum atomic E-state index is -1.30. The molecule has 0 aliphatic carbocycles. The van der Waals surface area contributed by atoms with Gasteiger partial charge < -0.3 is 14.7 Å². The molecular weight excluding hydrogens is 328 g/mol. The average molecular weight is 346 g/mol. The van der Waals surface area contributed by atoms with Crippen molar-refractivity contribution in [2.45, 2.75) is 25.4 Å². The lowest BCUT2D eigenvalue weighted by Gasteiger charge is -2.38. The molecule has 0 unspecified atom stereocenters. The van der Waals surface area contributed by atoms with E-state index in [-0.39, 0.29) is 18.7 Å². The Balaban J connectivity index is 1.71. The number of aromatic nitrogens is 1. The molecule has 0 saturated carbocycles. The molecule has 0 radical (unpaired) electrons. The summed E-state index contributed by atoms with van der Waals surface area (Å²) >= 11 is 1.36. The molecular formula is C17H18N2O4S. The molecule has 6 nitrogen and oxygen atoms in total. The third-order valence-corrected chi connectivity index (χ3v) is 4.82. The summed E-state index contributed by atoms with van der Waals surface area (Å²) in [6.07, 6.45) is 0.484. The van der Waals surface area contributed by atoms with Crippen LogP contribution in [0.3, 0.4) is 0 Å². The van der Waals surface area contributed by atoms with Crippen LogP contribution in [0.5, 0.6) is 5.75 Å². The van der Waals surface area contributed by atoms with Gasteiger partial charge in [-0.15, -0.1) is 11.3 Å². The van der Waals surface area contributed by atoms with Crippen molar-refractivity contribution in [1.29, 1.82) is 0 Å². The van der Waals surface area contributed by atoms with E-state index in [0.717, 1.165) is 5.56 Å². The summed E-state index contributed by atoms with van der Waals surface area (Å²) in [7, 11) is 0. The van der Waals surface area contributed by atoms with Crippen molar-refractivity contribution in [2.75, 3.05) is 13.1 Å². The Kier molecular flexibility index (Phi) is 4.53. The fourth-order valence-electron chi connectivity index (χ4n) is 2.74. The zero-order chi connectivity index (χ0) is 17.2. The third kappa shape index (κ3) is 3.26. The maximum Gasteiger partial charge on any atom is 0.348 e. The molecule has 1 aromatic carbocycles. The van der Waals surface area contributed by atoms with E-state index in [2.05, 4.69) is 4.98 Å². The topological polar surface area (TPSA) is 79.7 Å². The number of ether oxygens (including phenoxy) is 1. The average Bonchev–Trinajstić information content (AvgIpc) is 3.11. The lowest BCUT2D eigenvalue weighted by molar-refractivity contribution is -0.159. The molecule has 3 rings (SSSR count).